The van der Waals surface area contributed by atoms with Crippen molar-refractivity contribution in [1.82, 2.24) is 4.98 Å². The summed E-state index contributed by atoms with van der Waals surface area (Å²) in [5, 5.41) is 1.48. The molecule has 0 aliphatic carbocycles. The summed E-state index contributed by atoms with van der Waals surface area (Å²) in [6.07, 6.45) is 0. The van der Waals surface area contributed by atoms with Crippen LogP contribution in [0.15, 0.2) is 77.2 Å². The lowest BCUT2D eigenvalue weighted by Crippen LogP contribution is -2.30. The molecule has 166 valence electrons. The van der Waals surface area contributed by atoms with Crippen LogP contribution < -0.4 is 9.64 Å². The second kappa shape index (κ2) is 8.71. The van der Waals surface area contributed by atoms with Gasteiger partial charge in [0.1, 0.15) is 0 Å². The first kappa shape index (κ1) is 21.2. The van der Waals surface area contributed by atoms with Gasteiger partial charge in [-0.2, -0.15) is 0 Å². The summed E-state index contributed by atoms with van der Waals surface area (Å²) in [7, 11) is 1.59. The molecule has 0 spiro atoms. The van der Waals surface area contributed by atoms with E-state index in [1.807, 2.05) is 48.5 Å². The summed E-state index contributed by atoms with van der Waals surface area (Å²) in [6.45, 7) is 4.70. The van der Waals surface area contributed by atoms with Gasteiger partial charge in [-0.3, -0.25) is 9.69 Å². The molecule has 0 aliphatic rings. The smallest absolute Gasteiger partial charge is 0.296 e. The predicted octanol–water partition coefficient (Wildman–Crippen LogP) is 7.02. The van der Waals surface area contributed by atoms with Gasteiger partial charge in [0.25, 0.3) is 5.91 Å². The molecular weight excluding hydrogens is 432 g/mol. The van der Waals surface area contributed by atoms with Gasteiger partial charge in [0.2, 0.25) is 0 Å². The predicted molar refractivity (Wildman–Crippen MR) is 133 cm³/mol. The monoisotopic (exact) mass is 456 g/mol. The molecule has 0 saturated carbocycles. The van der Waals surface area contributed by atoms with E-state index in [-0.39, 0.29) is 11.7 Å². The number of hydrogen-bond acceptors (Lipinski definition) is 5. The Kier molecular flexibility index (Phi) is 5.60. The van der Waals surface area contributed by atoms with Crippen LogP contribution in [-0.4, -0.2) is 18.0 Å². The summed E-state index contributed by atoms with van der Waals surface area (Å²) in [4.78, 5) is 20.4. The normalized spacial score (nSPS) is 11.4. The topological polar surface area (TPSA) is 55.6 Å². The minimum atomic E-state index is -0.234. The van der Waals surface area contributed by atoms with Crippen LogP contribution in [0.4, 0.5) is 5.13 Å². The lowest BCUT2D eigenvalue weighted by molar-refractivity contribution is 0.0960. The van der Waals surface area contributed by atoms with E-state index in [9.17, 15) is 4.79 Å². The Hall–Kier alpha value is -3.64. The Labute approximate surface area is 196 Å². The Balaban J connectivity index is 1.61. The van der Waals surface area contributed by atoms with E-state index in [4.69, 9.17) is 14.1 Å². The van der Waals surface area contributed by atoms with Crippen molar-refractivity contribution in [3.63, 3.8) is 0 Å². The number of methoxy groups -OCH3 is 1. The fourth-order valence-corrected chi connectivity index (χ4v) is 4.97. The zero-order chi connectivity index (χ0) is 22.9. The number of carbonyl (C=O) groups is 1. The number of para-hydroxylation sites is 2. The van der Waals surface area contributed by atoms with E-state index in [0.29, 0.717) is 28.9 Å². The third-order valence-corrected chi connectivity index (χ3v) is 6.70. The van der Waals surface area contributed by atoms with E-state index in [0.717, 1.165) is 21.2 Å². The molecule has 0 unspecified atom stereocenters. The molecule has 5 rings (SSSR count). The van der Waals surface area contributed by atoms with Crippen LogP contribution in [0.2, 0.25) is 0 Å². The molecule has 5 nitrogen and oxygen atoms in total. The zero-order valence-corrected chi connectivity index (χ0v) is 19.6. The van der Waals surface area contributed by atoms with Crippen molar-refractivity contribution in [2.24, 2.45) is 0 Å². The number of nitrogens with zero attached hydrogens (tertiary/aromatic N) is 2. The molecule has 5 aromatic rings. The summed E-state index contributed by atoms with van der Waals surface area (Å²) in [6, 6.07) is 23.5. The van der Waals surface area contributed by atoms with Gasteiger partial charge in [0.05, 0.1) is 23.9 Å². The van der Waals surface area contributed by atoms with E-state index >= 15 is 0 Å². The van der Waals surface area contributed by atoms with E-state index in [1.54, 1.807) is 18.1 Å². The zero-order valence-electron chi connectivity index (χ0n) is 18.7. The van der Waals surface area contributed by atoms with Gasteiger partial charge >= 0.3 is 0 Å². The molecular formula is C27H24N2O3S. The highest BCUT2D eigenvalue weighted by Crippen LogP contribution is 2.36. The second-order valence-electron chi connectivity index (χ2n) is 8.21. The minimum absolute atomic E-state index is 0.234. The molecule has 0 saturated heterocycles. The van der Waals surface area contributed by atoms with Gasteiger partial charge in [-0.25, -0.2) is 4.98 Å². The van der Waals surface area contributed by atoms with Gasteiger partial charge in [0, 0.05) is 5.39 Å². The third-order valence-electron chi connectivity index (χ3n) is 5.66. The van der Waals surface area contributed by atoms with E-state index in [1.165, 1.54) is 16.9 Å². The molecule has 0 radical (unpaired) electrons. The first-order chi connectivity index (χ1) is 16.0. The Morgan fingerprint density at radius 2 is 1.85 bits per heavy atom. The first-order valence-electron chi connectivity index (χ1n) is 10.9. The van der Waals surface area contributed by atoms with Crippen LogP contribution in [0.5, 0.6) is 5.75 Å². The summed E-state index contributed by atoms with van der Waals surface area (Å²) >= 11 is 1.52. The van der Waals surface area contributed by atoms with Crippen LogP contribution in [0.1, 0.15) is 41.4 Å². The highest BCUT2D eigenvalue weighted by molar-refractivity contribution is 7.22. The van der Waals surface area contributed by atoms with Gasteiger partial charge in [0.15, 0.2) is 22.2 Å². The standard InChI is InChI=1S/C27H24N2O3S/c1-17(2)20-12-8-14-23-24(20)28-27(33-23)29(16-18-9-5-4-6-10-18)26(30)22-15-19-11-7-13-21(31-3)25(19)32-22/h4-15,17H,16H2,1-3H3. The maximum Gasteiger partial charge on any atom is 0.296 e. The van der Waals surface area contributed by atoms with Gasteiger partial charge in [-0.1, -0.05) is 79.8 Å². The largest absolute Gasteiger partial charge is 0.493 e. The molecule has 1 amide bonds. The van der Waals surface area contributed by atoms with Crippen molar-refractivity contribution in [1.29, 1.82) is 0 Å². The molecule has 6 heteroatoms. The molecule has 33 heavy (non-hydrogen) atoms. The lowest BCUT2D eigenvalue weighted by Gasteiger charge is -2.18. The Morgan fingerprint density at radius 1 is 1.06 bits per heavy atom. The molecule has 3 aromatic carbocycles. The molecule has 2 heterocycles. The van der Waals surface area contributed by atoms with Gasteiger partial charge < -0.3 is 9.15 Å². The maximum atomic E-state index is 13.8. The quantitative estimate of drug-likeness (QED) is 0.275. The fourth-order valence-electron chi connectivity index (χ4n) is 3.97. The third kappa shape index (κ3) is 3.98. The van der Waals surface area contributed by atoms with Crippen LogP contribution in [0.25, 0.3) is 21.2 Å². The summed E-state index contributed by atoms with van der Waals surface area (Å²) < 4.78 is 12.5. The number of anilines is 1. The van der Waals surface area contributed by atoms with Gasteiger partial charge in [-0.05, 0) is 35.2 Å². The van der Waals surface area contributed by atoms with Crippen molar-refractivity contribution in [3.8, 4) is 5.75 Å². The number of furan rings is 1. The number of aromatic nitrogens is 1. The lowest BCUT2D eigenvalue weighted by atomic mass is 10.0. The summed E-state index contributed by atoms with van der Waals surface area (Å²) in [5.74, 6) is 0.962. The fraction of sp³-hybridized carbons (Fsp3) is 0.185. The molecule has 2 aromatic heterocycles. The number of ether oxygens (including phenoxy) is 1. The number of amides is 1. The van der Waals surface area contributed by atoms with Crippen molar-refractivity contribution in [2.45, 2.75) is 26.3 Å². The number of thiazole rings is 1. The SMILES string of the molecule is COc1cccc2cc(C(=O)N(Cc3ccccc3)c3nc4c(C(C)C)cccc4s3)oc12. The van der Waals surface area contributed by atoms with Crippen molar-refractivity contribution in [2.75, 3.05) is 12.0 Å². The number of benzene rings is 3. The Morgan fingerprint density at radius 3 is 2.61 bits per heavy atom. The molecule has 0 aliphatic heterocycles. The van der Waals surface area contributed by atoms with Gasteiger partial charge in [-0.15, -0.1) is 0 Å². The highest BCUT2D eigenvalue weighted by Gasteiger charge is 2.26. The molecule has 0 bridgehead atoms. The van der Waals surface area contributed by atoms with Crippen LogP contribution in [-0.2, 0) is 6.54 Å². The van der Waals surface area contributed by atoms with Crippen LogP contribution in [0.3, 0.4) is 0 Å². The minimum Gasteiger partial charge on any atom is -0.493 e. The Bertz CT molecular complexity index is 1440. The second-order valence-corrected chi connectivity index (χ2v) is 9.22. The average Bonchev–Trinajstić information content (AvgIpc) is 3.46. The molecule has 0 fully saturated rings. The number of hydrogen-bond donors (Lipinski definition) is 0. The number of carbonyl (C=O) groups excluding carboxylic acids is 1. The number of fused-ring (bicyclic) bond motifs is 2. The summed E-state index contributed by atoms with van der Waals surface area (Å²) in [5.41, 5.74) is 3.71. The van der Waals surface area contributed by atoms with Crippen LogP contribution in [0, 0.1) is 0 Å². The first-order valence-corrected chi connectivity index (χ1v) is 11.7. The molecule has 0 N–H and O–H groups in total. The molecule has 0 atom stereocenters. The van der Waals surface area contributed by atoms with Crippen LogP contribution >= 0.6 is 11.3 Å². The highest BCUT2D eigenvalue weighted by atomic mass is 32.1. The average molecular weight is 457 g/mol. The van der Waals surface area contributed by atoms with Crippen molar-refractivity contribution >= 4 is 43.6 Å². The number of rotatable bonds is 6. The van der Waals surface area contributed by atoms with Crippen molar-refractivity contribution in [3.05, 3.63) is 89.7 Å². The van der Waals surface area contributed by atoms with E-state index < -0.39 is 0 Å². The van der Waals surface area contributed by atoms with Crippen molar-refractivity contribution < 1.29 is 13.9 Å². The van der Waals surface area contributed by atoms with E-state index in [2.05, 4.69) is 32.0 Å². The maximum absolute atomic E-state index is 13.8.